The molecule has 0 unspecified atom stereocenters. The highest BCUT2D eigenvalue weighted by atomic mass is 15.1. The highest BCUT2D eigenvalue weighted by molar-refractivity contribution is 5.07. The van der Waals surface area contributed by atoms with Gasteiger partial charge in [0.25, 0.3) is 0 Å². The predicted molar refractivity (Wildman–Crippen MR) is 39.4 cm³/mol. The van der Waals surface area contributed by atoms with Crippen molar-refractivity contribution >= 4 is 0 Å². The van der Waals surface area contributed by atoms with Crippen LogP contribution in [0.25, 0.3) is 0 Å². The fourth-order valence-corrected chi connectivity index (χ4v) is 0.427. The molecule has 0 aliphatic carbocycles. The molecule has 2 heteroatoms. The summed E-state index contributed by atoms with van der Waals surface area (Å²) in [6.45, 7) is 3.87. The van der Waals surface area contributed by atoms with Gasteiger partial charge in [-0.2, -0.15) is 10.2 Å². The molecule has 0 aromatic heterocycles. The van der Waals surface area contributed by atoms with Crippen molar-refractivity contribution in [3.05, 3.63) is 23.9 Å². The largest absolute Gasteiger partial charge is 0.192 e. The van der Waals surface area contributed by atoms with Crippen molar-refractivity contribution in [1.82, 2.24) is 0 Å². The first-order chi connectivity index (χ1) is 4.31. The standard InChI is InChI=1S/C7H12N2/c1-4-5-6-7(2)9-8-3/h4-6H,1-3H3/b5-4-,7-6-,9-8?. The van der Waals surface area contributed by atoms with Gasteiger partial charge < -0.3 is 0 Å². The lowest BCUT2D eigenvalue weighted by molar-refractivity contribution is 1.08. The average Bonchev–Trinajstić information content (AvgIpc) is 1.85. The Morgan fingerprint density at radius 3 is 2.56 bits per heavy atom. The SMILES string of the molecule is C/C=C\C=C(\C)N=NC. The summed E-state index contributed by atoms with van der Waals surface area (Å²) < 4.78 is 0. The predicted octanol–water partition coefficient (Wildman–Crippen LogP) is 2.55. The number of rotatable bonds is 2. The first-order valence-corrected chi connectivity index (χ1v) is 2.90. The number of allylic oxidation sites excluding steroid dienone is 4. The molecule has 0 bridgehead atoms. The quantitative estimate of drug-likeness (QED) is 0.399. The van der Waals surface area contributed by atoms with Gasteiger partial charge in [0.15, 0.2) is 0 Å². The molecule has 0 N–H and O–H groups in total. The van der Waals surface area contributed by atoms with E-state index < -0.39 is 0 Å². The maximum atomic E-state index is 3.80. The smallest absolute Gasteiger partial charge is 0.0595 e. The molecule has 0 atom stereocenters. The van der Waals surface area contributed by atoms with Gasteiger partial charge in [-0.15, -0.1) is 0 Å². The number of nitrogens with zero attached hydrogens (tertiary/aromatic N) is 2. The lowest BCUT2D eigenvalue weighted by atomic mass is 10.4. The molecule has 0 aliphatic rings. The van der Waals surface area contributed by atoms with Gasteiger partial charge in [-0.25, -0.2) is 0 Å². The van der Waals surface area contributed by atoms with Crippen LogP contribution in [0.2, 0.25) is 0 Å². The minimum Gasteiger partial charge on any atom is -0.192 e. The van der Waals surface area contributed by atoms with E-state index in [0.29, 0.717) is 0 Å². The van der Waals surface area contributed by atoms with Gasteiger partial charge in [-0.05, 0) is 19.9 Å². The molecule has 0 amide bonds. The summed E-state index contributed by atoms with van der Waals surface area (Å²) in [4.78, 5) is 0. The van der Waals surface area contributed by atoms with E-state index in [9.17, 15) is 0 Å². The molecule has 0 rings (SSSR count). The highest BCUT2D eigenvalue weighted by Crippen LogP contribution is 1.94. The van der Waals surface area contributed by atoms with E-state index >= 15 is 0 Å². The van der Waals surface area contributed by atoms with E-state index in [1.54, 1.807) is 7.05 Å². The van der Waals surface area contributed by atoms with Crippen molar-refractivity contribution in [2.45, 2.75) is 13.8 Å². The lowest BCUT2D eigenvalue weighted by Crippen LogP contribution is -1.62. The summed E-state index contributed by atoms with van der Waals surface area (Å²) in [5.74, 6) is 0. The molecular formula is C7H12N2. The summed E-state index contributed by atoms with van der Waals surface area (Å²) in [7, 11) is 1.66. The van der Waals surface area contributed by atoms with E-state index in [4.69, 9.17) is 0 Å². The van der Waals surface area contributed by atoms with Gasteiger partial charge in [0.2, 0.25) is 0 Å². The van der Waals surface area contributed by atoms with Gasteiger partial charge in [-0.1, -0.05) is 12.2 Å². The molecule has 0 saturated heterocycles. The van der Waals surface area contributed by atoms with Crippen LogP contribution in [-0.4, -0.2) is 7.05 Å². The van der Waals surface area contributed by atoms with Gasteiger partial charge in [0, 0.05) is 7.05 Å². The highest BCUT2D eigenvalue weighted by Gasteiger charge is 1.75. The maximum Gasteiger partial charge on any atom is 0.0595 e. The zero-order valence-corrected chi connectivity index (χ0v) is 6.13. The Hall–Kier alpha value is -0.920. The zero-order valence-electron chi connectivity index (χ0n) is 6.13. The second kappa shape index (κ2) is 5.22. The Morgan fingerprint density at radius 2 is 2.11 bits per heavy atom. The summed E-state index contributed by atoms with van der Waals surface area (Å²) in [6, 6.07) is 0. The van der Waals surface area contributed by atoms with Crippen LogP contribution >= 0.6 is 0 Å². The average molecular weight is 124 g/mol. The minimum atomic E-state index is 0.926. The van der Waals surface area contributed by atoms with Crippen LogP contribution in [0.3, 0.4) is 0 Å². The fourth-order valence-electron chi connectivity index (χ4n) is 0.427. The second-order valence-corrected chi connectivity index (χ2v) is 1.63. The van der Waals surface area contributed by atoms with Crippen molar-refractivity contribution in [3.8, 4) is 0 Å². The minimum absolute atomic E-state index is 0.926. The Bertz CT molecular complexity index is 143. The summed E-state index contributed by atoms with van der Waals surface area (Å²) in [5.41, 5.74) is 0.926. The van der Waals surface area contributed by atoms with Crippen molar-refractivity contribution in [1.29, 1.82) is 0 Å². The molecule has 0 fully saturated rings. The van der Waals surface area contributed by atoms with Crippen molar-refractivity contribution in [3.63, 3.8) is 0 Å². The monoisotopic (exact) mass is 124 g/mol. The Morgan fingerprint density at radius 1 is 1.44 bits per heavy atom. The molecule has 0 heterocycles. The van der Waals surface area contributed by atoms with Crippen LogP contribution in [0.1, 0.15) is 13.8 Å². The number of azo groups is 1. The fraction of sp³-hybridized carbons (Fsp3) is 0.429. The molecule has 0 radical (unpaired) electrons. The normalized spacial score (nSPS) is 13.9. The Labute approximate surface area is 56.0 Å². The third kappa shape index (κ3) is 4.94. The van der Waals surface area contributed by atoms with Crippen LogP contribution in [0.5, 0.6) is 0 Å². The third-order valence-electron chi connectivity index (χ3n) is 0.788. The van der Waals surface area contributed by atoms with Gasteiger partial charge in [0.1, 0.15) is 0 Å². The zero-order chi connectivity index (χ0) is 7.11. The Kier molecular flexibility index (Phi) is 4.69. The van der Waals surface area contributed by atoms with E-state index in [0.717, 1.165) is 5.70 Å². The van der Waals surface area contributed by atoms with Crippen molar-refractivity contribution in [2.75, 3.05) is 7.05 Å². The first kappa shape index (κ1) is 8.08. The summed E-state index contributed by atoms with van der Waals surface area (Å²) in [6.07, 6.45) is 5.80. The van der Waals surface area contributed by atoms with E-state index in [1.165, 1.54) is 0 Å². The second-order valence-electron chi connectivity index (χ2n) is 1.63. The third-order valence-corrected chi connectivity index (χ3v) is 0.788. The summed E-state index contributed by atoms with van der Waals surface area (Å²) >= 11 is 0. The van der Waals surface area contributed by atoms with Crippen LogP contribution in [0.4, 0.5) is 0 Å². The van der Waals surface area contributed by atoms with E-state index in [2.05, 4.69) is 10.2 Å². The van der Waals surface area contributed by atoms with Gasteiger partial charge >= 0.3 is 0 Å². The molecule has 0 saturated carbocycles. The van der Waals surface area contributed by atoms with Crippen LogP contribution in [0, 0.1) is 0 Å². The topological polar surface area (TPSA) is 24.7 Å². The molecule has 0 aliphatic heterocycles. The number of hydrogen-bond acceptors (Lipinski definition) is 2. The number of hydrogen-bond donors (Lipinski definition) is 0. The van der Waals surface area contributed by atoms with Crippen LogP contribution < -0.4 is 0 Å². The van der Waals surface area contributed by atoms with Crippen molar-refractivity contribution in [2.24, 2.45) is 10.2 Å². The van der Waals surface area contributed by atoms with Gasteiger partial charge in [-0.3, -0.25) is 0 Å². The molecule has 9 heavy (non-hydrogen) atoms. The maximum absolute atomic E-state index is 3.80. The molecule has 0 spiro atoms. The Balaban J connectivity index is 3.84. The molecule has 2 nitrogen and oxygen atoms in total. The van der Waals surface area contributed by atoms with Crippen molar-refractivity contribution < 1.29 is 0 Å². The van der Waals surface area contributed by atoms with Crippen LogP contribution in [0.15, 0.2) is 34.2 Å². The lowest BCUT2D eigenvalue weighted by Gasteiger charge is -1.82. The molecule has 0 aromatic carbocycles. The molecular weight excluding hydrogens is 112 g/mol. The first-order valence-electron chi connectivity index (χ1n) is 2.90. The van der Waals surface area contributed by atoms with Crippen LogP contribution in [-0.2, 0) is 0 Å². The van der Waals surface area contributed by atoms with Gasteiger partial charge in [0.05, 0.1) is 5.70 Å². The molecule has 50 valence electrons. The van der Waals surface area contributed by atoms with E-state index in [-0.39, 0.29) is 0 Å². The summed E-state index contributed by atoms with van der Waals surface area (Å²) in [5, 5.41) is 7.41. The van der Waals surface area contributed by atoms with E-state index in [1.807, 2.05) is 32.1 Å². The molecule has 0 aromatic rings.